The topological polar surface area (TPSA) is 72.5 Å². The van der Waals surface area contributed by atoms with Crippen LogP contribution in [0.2, 0.25) is 5.02 Å². The number of carbonyl (C=O) groups excluding carboxylic acids is 3. The fourth-order valence-corrected chi connectivity index (χ4v) is 2.80. The highest BCUT2D eigenvalue weighted by Gasteiger charge is 2.16. The third-order valence-electron chi connectivity index (χ3n) is 4.13. The van der Waals surface area contributed by atoms with E-state index in [2.05, 4.69) is 5.32 Å². The monoisotopic (exact) mass is 407 g/mol. The number of ether oxygens (including phenoxy) is 1. The SMILES string of the molecule is O=C(Cc1ccccc1)Nc1ccccc1C(=O)OCC(=O)c1ccc(Cl)cc1. The van der Waals surface area contributed by atoms with Gasteiger partial charge in [-0.15, -0.1) is 0 Å². The van der Waals surface area contributed by atoms with Crippen LogP contribution in [0.1, 0.15) is 26.3 Å². The Hall–Kier alpha value is -3.44. The Kier molecular flexibility index (Phi) is 6.76. The standard InChI is InChI=1S/C23H18ClNO4/c24-18-12-10-17(11-13-18)21(26)15-29-23(28)19-8-4-5-9-20(19)25-22(27)14-16-6-2-1-3-7-16/h1-13H,14-15H2,(H,25,27). The van der Waals surface area contributed by atoms with Gasteiger partial charge in [0.05, 0.1) is 17.7 Å². The molecule has 0 saturated carbocycles. The van der Waals surface area contributed by atoms with Crippen LogP contribution in [0.15, 0.2) is 78.9 Å². The predicted octanol–water partition coefficient (Wildman–Crippen LogP) is 4.56. The minimum Gasteiger partial charge on any atom is -0.454 e. The van der Waals surface area contributed by atoms with Crippen molar-refractivity contribution in [3.63, 3.8) is 0 Å². The van der Waals surface area contributed by atoms with Crippen LogP contribution in [0.4, 0.5) is 5.69 Å². The second-order valence-corrected chi connectivity index (χ2v) is 6.70. The predicted molar refractivity (Wildman–Crippen MR) is 111 cm³/mol. The largest absolute Gasteiger partial charge is 0.454 e. The zero-order valence-electron chi connectivity index (χ0n) is 15.4. The van der Waals surface area contributed by atoms with Gasteiger partial charge in [-0.2, -0.15) is 0 Å². The molecule has 29 heavy (non-hydrogen) atoms. The zero-order valence-corrected chi connectivity index (χ0v) is 16.2. The summed E-state index contributed by atoms with van der Waals surface area (Å²) in [5, 5.41) is 3.24. The molecular formula is C23H18ClNO4. The number of amides is 1. The molecule has 1 N–H and O–H groups in total. The molecule has 0 aliphatic carbocycles. The van der Waals surface area contributed by atoms with Crippen molar-refractivity contribution in [3.05, 3.63) is 101 Å². The number of ketones is 1. The van der Waals surface area contributed by atoms with E-state index in [1.54, 1.807) is 42.5 Å². The van der Waals surface area contributed by atoms with E-state index in [0.29, 0.717) is 16.3 Å². The smallest absolute Gasteiger partial charge is 0.340 e. The van der Waals surface area contributed by atoms with Gasteiger partial charge in [0.1, 0.15) is 0 Å². The summed E-state index contributed by atoms with van der Waals surface area (Å²) in [5.41, 5.74) is 1.76. The van der Waals surface area contributed by atoms with E-state index in [1.165, 1.54) is 6.07 Å². The lowest BCUT2D eigenvalue weighted by Crippen LogP contribution is -2.19. The Morgan fingerprint density at radius 2 is 1.48 bits per heavy atom. The molecule has 0 unspecified atom stereocenters. The number of hydrogen-bond donors (Lipinski definition) is 1. The van der Waals surface area contributed by atoms with Gasteiger partial charge in [0.2, 0.25) is 5.91 Å². The molecule has 0 aliphatic rings. The number of halogens is 1. The van der Waals surface area contributed by atoms with Crippen LogP contribution in [-0.2, 0) is 16.0 Å². The summed E-state index contributed by atoms with van der Waals surface area (Å²) >= 11 is 5.80. The van der Waals surface area contributed by atoms with Crippen molar-refractivity contribution in [2.45, 2.75) is 6.42 Å². The lowest BCUT2D eigenvalue weighted by molar-refractivity contribution is -0.115. The van der Waals surface area contributed by atoms with Crippen molar-refractivity contribution in [2.24, 2.45) is 0 Å². The highest BCUT2D eigenvalue weighted by Crippen LogP contribution is 2.17. The summed E-state index contributed by atoms with van der Waals surface area (Å²) in [4.78, 5) is 36.9. The number of hydrogen-bond acceptors (Lipinski definition) is 4. The van der Waals surface area contributed by atoms with E-state index in [-0.39, 0.29) is 23.7 Å². The van der Waals surface area contributed by atoms with Crippen molar-refractivity contribution < 1.29 is 19.1 Å². The normalized spacial score (nSPS) is 10.2. The van der Waals surface area contributed by atoms with E-state index in [9.17, 15) is 14.4 Å². The minimum atomic E-state index is -0.692. The van der Waals surface area contributed by atoms with Crippen molar-refractivity contribution in [2.75, 3.05) is 11.9 Å². The number of anilines is 1. The highest BCUT2D eigenvalue weighted by molar-refractivity contribution is 6.30. The number of esters is 1. The first-order valence-corrected chi connectivity index (χ1v) is 9.29. The Bertz CT molecular complexity index is 1020. The third-order valence-corrected chi connectivity index (χ3v) is 4.38. The molecule has 0 spiro atoms. The highest BCUT2D eigenvalue weighted by atomic mass is 35.5. The Morgan fingerprint density at radius 1 is 0.828 bits per heavy atom. The van der Waals surface area contributed by atoms with Crippen molar-refractivity contribution in [3.8, 4) is 0 Å². The molecule has 0 radical (unpaired) electrons. The molecule has 3 rings (SSSR count). The van der Waals surface area contributed by atoms with Gasteiger partial charge in [0, 0.05) is 10.6 Å². The molecule has 0 aliphatic heterocycles. The summed E-state index contributed by atoms with van der Waals surface area (Å²) in [5.74, 6) is -1.29. The molecule has 6 heteroatoms. The maximum Gasteiger partial charge on any atom is 0.340 e. The Morgan fingerprint density at radius 3 is 2.21 bits per heavy atom. The Labute approximate surface area is 173 Å². The molecule has 146 valence electrons. The van der Waals surface area contributed by atoms with Crippen molar-refractivity contribution >= 4 is 34.9 Å². The zero-order chi connectivity index (χ0) is 20.6. The summed E-state index contributed by atoms with van der Waals surface area (Å²) in [6, 6.07) is 22.1. The lowest BCUT2D eigenvalue weighted by atomic mass is 10.1. The van der Waals surface area contributed by atoms with Crippen LogP contribution >= 0.6 is 11.6 Å². The third kappa shape index (κ3) is 5.77. The van der Waals surface area contributed by atoms with Gasteiger partial charge in [-0.05, 0) is 42.0 Å². The molecule has 0 saturated heterocycles. The van der Waals surface area contributed by atoms with Gasteiger partial charge in [0.25, 0.3) is 0 Å². The average molecular weight is 408 g/mol. The van der Waals surface area contributed by atoms with Gasteiger partial charge >= 0.3 is 5.97 Å². The molecule has 3 aromatic rings. The number of nitrogens with one attached hydrogen (secondary N) is 1. The van der Waals surface area contributed by atoms with Gasteiger partial charge in [-0.25, -0.2) is 4.79 Å². The molecule has 3 aromatic carbocycles. The van der Waals surface area contributed by atoms with Crippen LogP contribution in [0.5, 0.6) is 0 Å². The van der Waals surface area contributed by atoms with Crippen LogP contribution in [0, 0.1) is 0 Å². The second kappa shape index (κ2) is 9.66. The Balaban J connectivity index is 1.63. The number of carbonyl (C=O) groups is 3. The quantitative estimate of drug-likeness (QED) is 0.460. The first-order chi connectivity index (χ1) is 14.0. The average Bonchev–Trinajstić information content (AvgIpc) is 2.73. The molecule has 0 bridgehead atoms. The number of para-hydroxylation sites is 1. The molecule has 1 amide bonds. The molecule has 0 fully saturated rings. The number of benzene rings is 3. The number of Topliss-reactive ketones (excluding diaryl/α,β-unsaturated/α-hetero) is 1. The molecule has 0 aromatic heterocycles. The second-order valence-electron chi connectivity index (χ2n) is 6.26. The fraction of sp³-hybridized carbons (Fsp3) is 0.0870. The van der Waals surface area contributed by atoms with Gasteiger partial charge in [-0.3, -0.25) is 9.59 Å². The first kappa shape index (κ1) is 20.3. The summed E-state index contributed by atoms with van der Waals surface area (Å²) in [6.07, 6.45) is 0.180. The molecule has 5 nitrogen and oxygen atoms in total. The van der Waals surface area contributed by atoms with E-state index in [0.717, 1.165) is 5.56 Å². The summed E-state index contributed by atoms with van der Waals surface area (Å²) < 4.78 is 5.14. The molecular weight excluding hydrogens is 390 g/mol. The fourth-order valence-electron chi connectivity index (χ4n) is 2.67. The van der Waals surface area contributed by atoms with E-state index < -0.39 is 12.6 Å². The lowest BCUT2D eigenvalue weighted by Gasteiger charge is -2.11. The minimum absolute atomic E-state index is 0.179. The summed E-state index contributed by atoms with van der Waals surface area (Å²) in [7, 11) is 0. The number of rotatable bonds is 7. The maximum atomic E-state index is 12.4. The molecule has 0 heterocycles. The van der Waals surface area contributed by atoms with Gasteiger partial charge in [0.15, 0.2) is 12.4 Å². The van der Waals surface area contributed by atoms with Gasteiger partial charge < -0.3 is 10.1 Å². The van der Waals surface area contributed by atoms with Crippen LogP contribution in [0.25, 0.3) is 0 Å². The molecule has 0 atom stereocenters. The van der Waals surface area contributed by atoms with Crippen LogP contribution in [0.3, 0.4) is 0 Å². The van der Waals surface area contributed by atoms with Crippen molar-refractivity contribution in [1.29, 1.82) is 0 Å². The van der Waals surface area contributed by atoms with Crippen LogP contribution < -0.4 is 5.32 Å². The van der Waals surface area contributed by atoms with Crippen LogP contribution in [-0.4, -0.2) is 24.3 Å². The van der Waals surface area contributed by atoms with E-state index in [1.807, 2.05) is 30.3 Å². The van der Waals surface area contributed by atoms with Gasteiger partial charge in [-0.1, -0.05) is 54.1 Å². The van der Waals surface area contributed by atoms with E-state index >= 15 is 0 Å². The maximum absolute atomic E-state index is 12.4. The van der Waals surface area contributed by atoms with E-state index in [4.69, 9.17) is 16.3 Å². The summed E-state index contributed by atoms with van der Waals surface area (Å²) in [6.45, 7) is -0.410. The van der Waals surface area contributed by atoms with Crippen molar-refractivity contribution in [1.82, 2.24) is 0 Å². The first-order valence-electron chi connectivity index (χ1n) is 8.91.